The van der Waals surface area contributed by atoms with Gasteiger partial charge in [0.15, 0.2) is 5.78 Å². The molecule has 1 aliphatic rings. The number of hydrogen-bond acceptors (Lipinski definition) is 9. The summed E-state index contributed by atoms with van der Waals surface area (Å²) in [5.41, 5.74) is -1.64. The molecule has 1 heterocycles. The van der Waals surface area contributed by atoms with Crippen molar-refractivity contribution in [2.24, 2.45) is 13.0 Å². The Morgan fingerprint density at radius 3 is 2.17 bits per heavy atom. The molecule has 1 amide bonds. The number of nitrogens with zero attached hydrogens (tertiary/aromatic N) is 3. The second-order valence-corrected chi connectivity index (χ2v) is 14.7. The van der Waals surface area contributed by atoms with E-state index < -0.39 is 62.1 Å². The Kier molecular flexibility index (Phi) is 12.6. The van der Waals surface area contributed by atoms with Crippen LogP contribution in [0.15, 0.2) is 87.4 Å². The lowest BCUT2D eigenvalue weighted by Crippen LogP contribution is -2.44. The molecule has 0 bridgehead atoms. The van der Waals surface area contributed by atoms with Crippen molar-refractivity contribution in [1.82, 2.24) is 19.4 Å². The highest BCUT2D eigenvalue weighted by Gasteiger charge is 2.29. The fourth-order valence-corrected chi connectivity index (χ4v) is 6.79. The average molecular weight is 766 g/mol. The van der Waals surface area contributed by atoms with Crippen molar-refractivity contribution < 1.29 is 36.3 Å². The van der Waals surface area contributed by atoms with Crippen LogP contribution in [0, 0.1) is 17.6 Å². The largest absolute Gasteiger partial charge is 0.463 e. The number of anilines is 1. The van der Waals surface area contributed by atoms with Gasteiger partial charge >= 0.3 is 11.7 Å². The summed E-state index contributed by atoms with van der Waals surface area (Å²) in [6, 6.07) is 12.3. The SMILES string of the molecule is CCN(CC)CCOC(=O)[C@H](Cc1ccc(-n2c(=O)ccn(C)c2=O)cc1)NC(=O)c1c(F)cc(NS(=O)(=O)c2ccc(C(=O)CC3CC3)cc2)cc1F. The number of esters is 1. The maximum Gasteiger partial charge on any atom is 0.335 e. The second-order valence-electron chi connectivity index (χ2n) is 13.0. The fourth-order valence-electron chi connectivity index (χ4n) is 5.74. The quantitative estimate of drug-likeness (QED) is 0.120. The molecule has 1 aromatic heterocycles. The van der Waals surface area contributed by atoms with E-state index in [9.17, 15) is 32.4 Å². The number of rotatable bonds is 17. The highest BCUT2D eigenvalue weighted by molar-refractivity contribution is 7.92. The molecule has 286 valence electrons. The first-order chi connectivity index (χ1) is 25.7. The first kappa shape index (κ1) is 39.7. The smallest absolute Gasteiger partial charge is 0.335 e. The predicted molar refractivity (Wildman–Crippen MR) is 196 cm³/mol. The van der Waals surface area contributed by atoms with E-state index in [0.717, 1.165) is 17.4 Å². The van der Waals surface area contributed by atoms with Crippen LogP contribution in [-0.4, -0.2) is 72.4 Å². The van der Waals surface area contributed by atoms with Gasteiger partial charge in [-0.1, -0.05) is 38.1 Å². The van der Waals surface area contributed by atoms with Crippen molar-refractivity contribution in [3.8, 4) is 5.69 Å². The number of carbonyl (C=O) groups excluding carboxylic acids is 3. The van der Waals surface area contributed by atoms with Gasteiger partial charge in [0.2, 0.25) is 0 Å². The van der Waals surface area contributed by atoms with Crippen LogP contribution >= 0.6 is 0 Å². The van der Waals surface area contributed by atoms with Gasteiger partial charge in [0.1, 0.15) is 29.8 Å². The van der Waals surface area contributed by atoms with E-state index in [1.807, 2.05) is 18.7 Å². The van der Waals surface area contributed by atoms with Crippen LogP contribution in [-0.2, 0) is 33.0 Å². The number of nitrogens with one attached hydrogen (secondary N) is 2. The average Bonchev–Trinajstić information content (AvgIpc) is 3.96. The maximum atomic E-state index is 15.4. The highest BCUT2D eigenvalue weighted by Crippen LogP contribution is 2.33. The molecule has 1 saturated carbocycles. The summed E-state index contributed by atoms with van der Waals surface area (Å²) in [6.07, 6.45) is 3.51. The first-order valence-electron chi connectivity index (χ1n) is 17.4. The zero-order chi connectivity index (χ0) is 39.2. The molecule has 16 heteroatoms. The number of Topliss-reactive ketones (excluding diaryl/α,β-unsaturated/α-hetero) is 1. The second kappa shape index (κ2) is 17.1. The number of hydrogen-bond donors (Lipinski definition) is 2. The third kappa shape index (κ3) is 9.73. The lowest BCUT2D eigenvalue weighted by Gasteiger charge is -2.21. The fraction of sp³-hybridized carbons (Fsp3) is 0.342. The monoisotopic (exact) mass is 765 g/mol. The van der Waals surface area contributed by atoms with E-state index in [1.165, 1.54) is 72.4 Å². The number of amides is 1. The van der Waals surface area contributed by atoms with Crippen LogP contribution in [0.4, 0.5) is 14.5 Å². The van der Waals surface area contributed by atoms with Crippen LogP contribution in [0.3, 0.4) is 0 Å². The van der Waals surface area contributed by atoms with Crippen molar-refractivity contribution in [2.75, 3.05) is 31.0 Å². The van der Waals surface area contributed by atoms with Crippen molar-refractivity contribution in [3.05, 3.63) is 122 Å². The third-order valence-electron chi connectivity index (χ3n) is 9.10. The van der Waals surface area contributed by atoms with Crippen LogP contribution < -0.4 is 21.3 Å². The Labute approximate surface area is 310 Å². The molecule has 1 fully saturated rings. The summed E-state index contributed by atoms with van der Waals surface area (Å²) in [6.45, 7) is 5.65. The summed E-state index contributed by atoms with van der Waals surface area (Å²) in [5.74, 6) is -4.73. The minimum Gasteiger partial charge on any atom is -0.463 e. The molecule has 0 unspecified atom stereocenters. The van der Waals surface area contributed by atoms with E-state index in [0.29, 0.717) is 55.2 Å². The number of benzene rings is 3. The lowest BCUT2D eigenvalue weighted by atomic mass is 10.0. The molecule has 54 heavy (non-hydrogen) atoms. The molecule has 13 nitrogen and oxygen atoms in total. The molecule has 4 aromatic rings. The lowest BCUT2D eigenvalue weighted by molar-refractivity contribution is -0.146. The molecular formula is C38H41F2N5O8S. The number of likely N-dealkylation sites (N-methyl/N-ethyl adjacent to an activating group) is 1. The Balaban J connectivity index is 1.33. The summed E-state index contributed by atoms with van der Waals surface area (Å²) in [5, 5.41) is 2.34. The summed E-state index contributed by atoms with van der Waals surface area (Å²) < 4.78 is 66.5. The number of ether oxygens (including phenoxy) is 1. The van der Waals surface area contributed by atoms with E-state index in [1.54, 1.807) is 0 Å². The normalized spacial score (nSPS) is 13.4. The number of aryl methyl sites for hydroxylation is 1. The van der Waals surface area contributed by atoms with Gasteiger partial charge in [-0.15, -0.1) is 0 Å². The molecule has 3 aromatic carbocycles. The Hall–Kier alpha value is -5.48. The summed E-state index contributed by atoms with van der Waals surface area (Å²) >= 11 is 0. The van der Waals surface area contributed by atoms with Gasteiger partial charge in [-0.3, -0.25) is 19.1 Å². The van der Waals surface area contributed by atoms with Crippen molar-refractivity contribution in [2.45, 2.75) is 50.5 Å². The van der Waals surface area contributed by atoms with Gasteiger partial charge in [-0.05, 0) is 73.8 Å². The van der Waals surface area contributed by atoms with Gasteiger partial charge < -0.3 is 19.5 Å². The van der Waals surface area contributed by atoms with Crippen LogP contribution in [0.25, 0.3) is 5.69 Å². The van der Waals surface area contributed by atoms with Crippen molar-refractivity contribution in [1.29, 1.82) is 0 Å². The molecule has 0 saturated heterocycles. The van der Waals surface area contributed by atoms with Crippen molar-refractivity contribution >= 4 is 33.4 Å². The molecule has 0 aliphatic heterocycles. The van der Waals surface area contributed by atoms with Crippen LogP contribution in [0.2, 0.25) is 0 Å². The molecule has 5 rings (SSSR count). The number of halogens is 2. The van der Waals surface area contributed by atoms with E-state index in [4.69, 9.17) is 4.74 Å². The molecule has 0 spiro atoms. The summed E-state index contributed by atoms with van der Waals surface area (Å²) in [4.78, 5) is 65.7. The minimum absolute atomic E-state index is 0.0247. The first-order valence-corrected chi connectivity index (χ1v) is 18.9. The molecule has 1 aliphatic carbocycles. The topological polar surface area (TPSA) is 166 Å². The minimum atomic E-state index is -4.34. The van der Waals surface area contributed by atoms with Gasteiger partial charge in [0.05, 0.1) is 16.3 Å². The Morgan fingerprint density at radius 1 is 0.944 bits per heavy atom. The number of sulfonamides is 1. The summed E-state index contributed by atoms with van der Waals surface area (Å²) in [7, 11) is -2.85. The van der Waals surface area contributed by atoms with Crippen molar-refractivity contribution in [3.63, 3.8) is 0 Å². The van der Waals surface area contributed by atoms with E-state index in [2.05, 4.69) is 10.0 Å². The molecule has 2 N–H and O–H groups in total. The van der Waals surface area contributed by atoms with Gasteiger partial charge in [0.25, 0.3) is 21.5 Å². The number of carbonyl (C=O) groups is 3. The third-order valence-corrected chi connectivity index (χ3v) is 10.5. The molecule has 0 radical (unpaired) electrons. The maximum absolute atomic E-state index is 15.4. The molecule has 1 atom stereocenters. The van der Waals surface area contributed by atoms with Crippen LogP contribution in [0.5, 0.6) is 0 Å². The van der Waals surface area contributed by atoms with E-state index in [-0.39, 0.29) is 29.4 Å². The number of aromatic nitrogens is 2. The van der Waals surface area contributed by atoms with Gasteiger partial charge in [-0.2, -0.15) is 0 Å². The zero-order valence-corrected chi connectivity index (χ0v) is 30.8. The van der Waals surface area contributed by atoms with E-state index >= 15 is 8.78 Å². The standard InChI is InChI=1S/C38H41F2N5O8S/c1-4-44(5-2)18-19-53-37(49)32(20-24-8-12-28(13-9-24)45-34(47)16-17-43(3)38(45)50)41-36(48)35-30(39)22-27(23-31(35)40)42-54(51,52)29-14-10-26(11-15-29)33(46)21-25-6-7-25/h8-17,22-23,25,32,42H,4-7,18-21H2,1-3H3,(H,41,48)/t32-/m0/s1. The van der Waals surface area contributed by atoms with Gasteiger partial charge in [-0.25, -0.2) is 31.4 Å². The highest BCUT2D eigenvalue weighted by atomic mass is 32.2. The number of ketones is 1. The Bertz CT molecular complexity index is 2230. The zero-order valence-electron chi connectivity index (χ0n) is 30.0. The van der Waals surface area contributed by atoms with Crippen LogP contribution in [0.1, 0.15) is 59.4 Å². The molecular weight excluding hydrogens is 725 g/mol. The van der Waals surface area contributed by atoms with Gasteiger partial charge in [0, 0.05) is 44.3 Å². The predicted octanol–water partition coefficient (Wildman–Crippen LogP) is 3.82. The Morgan fingerprint density at radius 2 is 1.57 bits per heavy atom.